The summed E-state index contributed by atoms with van der Waals surface area (Å²) in [6.45, 7) is 6.63. The molecule has 0 bridgehead atoms. The second-order valence-electron chi connectivity index (χ2n) is 10.4. The average Bonchev–Trinajstić information content (AvgIpc) is 3.47. The lowest BCUT2D eigenvalue weighted by Crippen LogP contribution is -2.51. The van der Waals surface area contributed by atoms with Gasteiger partial charge in [0.2, 0.25) is 5.91 Å². The molecule has 2 unspecified atom stereocenters. The van der Waals surface area contributed by atoms with E-state index in [1.54, 1.807) is 0 Å². The van der Waals surface area contributed by atoms with E-state index < -0.39 is 0 Å². The molecule has 3 amide bonds. The number of ketones is 1. The van der Waals surface area contributed by atoms with E-state index in [1.165, 1.54) is 4.90 Å². The van der Waals surface area contributed by atoms with E-state index in [0.717, 1.165) is 32.2 Å². The van der Waals surface area contributed by atoms with Crippen LogP contribution in [-0.4, -0.2) is 74.8 Å². The fourth-order valence-corrected chi connectivity index (χ4v) is 4.61. The molecule has 172 valence electrons. The van der Waals surface area contributed by atoms with Crippen molar-refractivity contribution in [2.24, 2.45) is 23.2 Å². The molecule has 2 rings (SSSR count). The van der Waals surface area contributed by atoms with Crippen molar-refractivity contribution in [3.05, 3.63) is 0 Å². The Morgan fingerprint density at radius 1 is 1.17 bits per heavy atom. The zero-order valence-electron chi connectivity index (χ0n) is 19.6. The Kier molecular flexibility index (Phi) is 9.29. The zero-order valence-corrected chi connectivity index (χ0v) is 19.6. The number of rotatable bonds is 11. The Hall–Kier alpha value is -1.47. The summed E-state index contributed by atoms with van der Waals surface area (Å²) in [5.74, 6) is 0.611. The highest BCUT2D eigenvalue weighted by atomic mass is 16.2. The Morgan fingerprint density at radius 3 is 2.43 bits per heavy atom. The smallest absolute Gasteiger partial charge is 0.324 e. The third-order valence-corrected chi connectivity index (χ3v) is 6.11. The molecule has 2 aliphatic carbocycles. The average molecular weight is 423 g/mol. The van der Waals surface area contributed by atoms with E-state index in [1.807, 2.05) is 21.1 Å². The molecular weight excluding hydrogens is 380 g/mol. The summed E-state index contributed by atoms with van der Waals surface area (Å²) in [6, 6.07) is -0.278. The zero-order chi connectivity index (χ0) is 22.3. The summed E-state index contributed by atoms with van der Waals surface area (Å²) < 4.78 is 0. The van der Waals surface area contributed by atoms with E-state index in [-0.39, 0.29) is 29.2 Å². The molecule has 7 nitrogen and oxygen atoms in total. The molecule has 0 spiro atoms. The van der Waals surface area contributed by atoms with Crippen molar-refractivity contribution in [2.75, 3.05) is 47.3 Å². The Labute approximate surface area is 182 Å². The standard InChI is InChI=1S/C23H42N4O3/c1-23(2,16-26(4)5)15-25-22(30)27(14-17-9-10-17)21(29)19(13-24-3)11-18-7-6-8-20(28)12-18/h17-19,24H,6-16H2,1-5H3,(H,25,30). The van der Waals surface area contributed by atoms with Crippen molar-refractivity contribution < 1.29 is 14.4 Å². The number of amides is 3. The largest absolute Gasteiger partial charge is 0.337 e. The second-order valence-corrected chi connectivity index (χ2v) is 10.4. The molecule has 2 N–H and O–H groups in total. The van der Waals surface area contributed by atoms with Gasteiger partial charge in [0.15, 0.2) is 0 Å². The summed E-state index contributed by atoms with van der Waals surface area (Å²) in [6.07, 6.45) is 5.98. The fourth-order valence-electron chi connectivity index (χ4n) is 4.61. The van der Waals surface area contributed by atoms with Crippen molar-refractivity contribution in [3.8, 4) is 0 Å². The van der Waals surface area contributed by atoms with Gasteiger partial charge in [-0.3, -0.25) is 14.5 Å². The Morgan fingerprint density at radius 2 is 1.87 bits per heavy atom. The number of hydrogen-bond donors (Lipinski definition) is 2. The number of nitrogens with zero attached hydrogens (tertiary/aromatic N) is 2. The normalized spacial score (nSPS) is 20.9. The van der Waals surface area contributed by atoms with E-state index in [4.69, 9.17) is 0 Å². The summed E-state index contributed by atoms with van der Waals surface area (Å²) >= 11 is 0. The van der Waals surface area contributed by atoms with Crippen molar-refractivity contribution >= 4 is 17.7 Å². The Bertz CT molecular complexity index is 601. The first-order chi connectivity index (χ1) is 14.1. The molecule has 2 atom stereocenters. The minimum atomic E-state index is -0.278. The highest BCUT2D eigenvalue weighted by molar-refractivity contribution is 5.95. The molecule has 7 heteroatoms. The SMILES string of the molecule is CNCC(CC1CCCC(=O)C1)C(=O)N(CC1CC1)C(=O)NCC(C)(C)CN(C)C. The van der Waals surface area contributed by atoms with Gasteiger partial charge < -0.3 is 15.5 Å². The van der Waals surface area contributed by atoms with Crippen molar-refractivity contribution in [1.29, 1.82) is 0 Å². The molecule has 30 heavy (non-hydrogen) atoms. The van der Waals surface area contributed by atoms with Crippen LogP contribution in [0.25, 0.3) is 0 Å². The van der Waals surface area contributed by atoms with Gasteiger partial charge in [-0.2, -0.15) is 0 Å². The van der Waals surface area contributed by atoms with Crippen LogP contribution in [0.3, 0.4) is 0 Å². The summed E-state index contributed by atoms with van der Waals surface area (Å²) in [4.78, 5) is 41.9. The molecule has 0 aliphatic heterocycles. The van der Waals surface area contributed by atoms with Crippen LogP contribution in [0, 0.1) is 23.2 Å². The van der Waals surface area contributed by atoms with Gasteiger partial charge in [0.05, 0.1) is 5.92 Å². The van der Waals surface area contributed by atoms with Crippen LogP contribution in [0.2, 0.25) is 0 Å². The number of hydrogen-bond acceptors (Lipinski definition) is 5. The molecule has 2 fully saturated rings. The van der Waals surface area contributed by atoms with Gasteiger partial charge >= 0.3 is 6.03 Å². The summed E-state index contributed by atoms with van der Waals surface area (Å²) in [5, 5.41) is 6.14. The van der Waals surface area contributed by atoms with Gasteiger partial charge in [0.1, 0.15) is 5.78 Å². The van der Waals surface area contributed by atoms with Gasteiger partial charge in [-0.15, -0.1) is 0 Å². The van der Waals surface area contributed by atoms with Crippen molar-refractivity contribution in [2.45, 2.75) is 58.8 Å². The number of nitrogens with one attached hydrogen (secondary N) is 2. The van der Waals surface area contributed by atoms with Gasteiger partial charge in [0.25, 0.3) is 0 Å². The van der Waals surface area contributed by atoms with E-state index in [0.29, 0.717) is 50.6 Å². The first kappa shape index (κ1) is 24.8. The van der Waals surface area contributed by atoms with E-state index in [2.05, 4.69) is 29.4 Å². The molecule has 0 aromatic rings. The number of Topliss-reactive ketones (excluding diaryl/α,β-unsaturated/α-hetero) is 1. The minimum absolute atomic E-state index is 0.0830. The third kappa shape index (κ3) is 8.34. The molecule has 2 saturated carbocycles. The highest BCUT2D eigenvalue weighted by Gasteiger charge is 2.36. The molecule has 0 aromatic heterocycles. The van der Waals surface area contributed by atoms with Crippen LogP contribution in [-0.2, 0) is 9.59 Å². The monoisotopic (exact) mass is 422 g/mol. The molecular formula is C23H42N4O3. The van der Waals surface area contributed by atoms with Crippen LogP contribution in [0.5, 0.6) is 0 Å². The number of urea groups is 1. The van der Waals surface area contributed by atoms with Crippen LogP contribution in [0.15, 0.2) is 0 Å². The number of carbonyl (C=O) groups excluding carboxylic acids is 3. The molecule has 0 radical (unpaired) electrons. The highest BCUT2D eigenvalue weighted by Crippen LogP contribution is 2.32. The minimum Gasteiger partial charge on any atom is -0.337 e. The number of imide groups is 1. The van der Waals surface area contributed by atoms with E-state index in [9.17, 15) is 14.4 Å². The second kappa shape index (κ2) is 11.2. The predicted octanol–water partition coefficient (Wildman–Crippen LogP) is 2.51. The molecule has 0 saturated heterocycles. The van der Waals surface area contributed by atoms with Gasteiger partial charge in [-0.1, -0.05) is 13.8 Å². The maximum atomic E-state index is 13.4. The quantitative estimate of drug-likeness (QED) is 0.535. The fraction of sp³-hybridized carbons (Fsp3) is 0.870. The Balaban J connectivity index is 2.03. The molecule has 0 aromatic carbocycles. The van der Waals surface area contributed by atoms with Crippen molar-refractivity contribution in [1.82, 2.24) is 20.4 Å². The molecule has 2 aliphatic rings. The summed E-state index contributed by atoms with van der Waals surface area (Å²) in [7, 11) is 5.87. The van der Waals surface area contributed by atoms with Gasteiger partial charge in [-0.25, -0.2) is 4.79 Å². The first-order valence-corrected chi connectivity index (χ1v) is 11.5. The summed E-state index contributed by atoms with van der Waals surface area (Å²) in [5.41, 5.74) is -0.0830. The number of carbonyl (C=O) groups is 3. The lowest BCUT2D eigenvalue weighted by molar-refractivity contribution is -0.134. The maximum absolute atomic E-state index is 13.4. The van der Waals surface area contributed by atoms with Crippen LogP contribution >= 0.6 is 0 Å². The van der Waals surface area contributed by atoms with Gasteiger partial charge in [0, 0.05) is 39.0 Å². The third-order valence-electron chi connectivity index (χ3n) is 6.11. The molecule has 0 heterocycles. The van der Waals surface area contributed by atoms with Crippen LogP contribution in [0.1, 0.15) is 58.8 Å². The first-order valence-electron chi connectivity index (χ1n) is 11.5. The lowest BCUT2D eigenvalue weighted by Gasteiger charge is -2.32. The van der Waals surface area contributed by atoms with Crippen LogP contribution < -0.4 is 10.6 Å². The van der Waals surface area contributed by atoms with Crippen molar-refractivity contribution in [3.63, 3.8) is 0 Å². The van der Waals surface area contributed by atoms with Crippen LogP contribution in [0.4, 0.5) is 4.79 Å². The predicted molar refractivity (Wildman–Crippen MR) is 119 cm³/mol. The maximum Gasteiger partial charge on any atom is 0.324 e. The lowest BCUT2D eigenvalue weighted by atomic mass is 9.81. The van der Waals surface area contributed by atoms with Gasteiger partial charge in [-0.05, 0) is 70.5 Å². The van der Waals surface area contributed by atoms with E-state index >= 15 is 0 Å². The topological polar surface area (TPSA) is 81.8 Å².